The van der Waals surface area contributed by atoms with Gasteiger partial charge in [0.1, 0.15) is 19.0 Å². The Morgan fingerprint density at radius 3 is 1.71 bits per heavy atom. The number of aromatic nitrogens is 1. The smallest absolute Gasteiger partial charge is 0.335 e. The Balaban J connectivity index is 0.000000198. The molecule has 2 aliphatic heterocycles. The van der Waals surface area contributed by atoms with Crippen LogP contribution in [0.4, 0.5) is 4.39 Å². The number of nitrogens with zero attached hydrogens (tertiary/aromatic N) is 3. The van der Waals surface area contributed by atoms with Crippen LogP contribution in [0, 0.1) is 5.82 Å². The number of carbonyl (C=O) groups is 2. The summed E-state index contributed by atoms with van der Waals surface area (Å²) in [6, 6.07) is 18.9. The number of rotatable bonds is 12. The Hall–Kier alpha value is -6.18. The number of aromatic carboxylic acids is 2. The third kappa shape index (κ3) is 8.90. The Bertz CT molecular complexity index is 1950. The summed E-state index contributed by atoms with van der Waals surface area (Å²) in [5.41, 5.74) is 1.42. The SMILES string of the molecule is COc1ccc(C(=O)O)cc1OCC1(C)CC(c2ccccc2F)=NO1.COc1ccc(C(=O)O)cc1OCC1(C)CC(c2ccncc2)=NO1. The largest absolute Gasteiger partial charge is 0.493 e. The summed E-state index contributed by atoms with van der Waals surface area (Å²) in [6.07, 6.45) is 4.32. The van der Waals surface area contributed by atoms with E-state index in [-0.39, 0.29) is 35.9 Å². The molecule has 1 aromatic heterocycles. The third-order valence-electron chi connectivity index (χ3n) is 7.92. The molecule has 0 amide bonds. The topological polar surface area (TPSA) is 168 Å². The van der Waals surface area contributed by atoms with E-state index in [1.165, 1.54) is 50.6 Å². The zero-order chi connectivity index (χ0) is 36.6. The first-order valence-electron chi connectivity index (χ1n) is 15.7. The second-order valence-electron chi connectivity index (χ2n) is 12.1. The van der Waals surface area contributed by atoms with Gasteiger partial charge in [-0.1, -0.05) is 28.5 Å². The highest BCUT2D eigenvalue weighted by Gasteiger charge is 2.38. The van der Waals surface area contributed by atoms with Crippen molar-refractivity contribution in [2.45, 2.75) is 37.9 Å². The number of benzene rings is 3. The molecular formula is C37H36FN3O10. The van der Waals surface area contributed by atoms with Gasteiger partial charge in [0.2, 0.25) is 0 Å². The van der Waals surface area contributed by atoms with Gasteiger partial charge < -0.3 is 38.8 Å². The van der Waals surface area contributed by atoms with Gasteiger partial charge in [-0.25, -0.2) is 14.0 Å². The van der Waals surface area contributed by atoms with Gasteiger partial charge in [0.25, 0.3) is 0 Å². The van der Waals surface area contributed by atoms with Crippen LogP contribution in [0.1, 0.15) is 58.5 Å². The Labute approximate surface area is 292 Å². The minimum absolute atomic E-state index is 0.0848. The molecule has 2 aliphatic rings. The van der Waals surface area contributed by atoms with Crippen molar-refractivity contribution in [3.05, 3.63) is 113 Å². The summed E-state index contributed by atoms with van der Waals surface area (Å²) in [6.45, 7) is 3.97. The average molecular weight is 702 g/mol. The van der Waals surface area contributed by atoms with E-state index in [0.717, 1.165) is 11.3 Å². The predicted octanol–water partition coefficient (Wildman–Crippen LogP) is 6.25. The molecule has 2 N–H and O–H groups in total. The zero-order valence-corrected chi connectivity index (χ0v) is 28.3. The van der Waals surface area contributed by atoms with Crippen molar-refractivity contribution in [3.8, 4) is 23.0 Å². The molecule has 2 unspecified atom stereocenters. The number of halogens is 1. The molecule has 13 nitrogen and oxygen atoms in total. The highest BCUT2D eigenvalue weighted by atomic mass is 19.1. The summed E-state index contributed by atoms with van der Waals surface area (Å²) >= 11 is 0. The number of pyridine rings is 1. The lowest BCUT2D eigenvalue weighted by Gasteiger charge is -2.22. The first-order valence-corrected chi connectivity index (χ1v) is 15.7. The number of hydrogen-bond donors (Lipinski definition) is 2. The molecule has 51 heavy (non-hydrogen) atoms. The molecule has 0 saturated carbocycles. The minimum atomic E-state index is -1.06. The second kappa shape index (κ2) is 15.6. The van der Waals surface area contributed by atoms with Crippen LogP contribution in [-0.4, -0.2) is 77.2 Å². The number of ether oxygens (including phenoxy) is 4. The number of oxime groups is 2. The quantitative estimate of drug-likeness (QED) is 0.171. The normalized spacial score (nSPS) is 18.9. The highest BCUT2D eigenvalue weighted by molar-refractivity contribution is 6.02. The van der Waals surface area contributed by atoms with Gasteiger partial charge in [0.05, 0.1) is 36.8 Å². The van der Waals surface area contributed by atoms with Crippen molar-refractivity contribution in [2.75, 3.05) is 27.4 Å². The molecule has 0 aliphatic carbocycles. The second-order valence-corrected chi connectivity index (χ2v) is 12.1. The van der Waals surface area contributed by atoms with Gasteiger partial charge in [-0.15, -0.1) is 0 Å². The van der Waals surface area contributed by atoms with E-state index in [1.807, 2.05) is 19.1 Å². The molecule has 0 bridgehead atoms. The van der Waals surface area contributed by atoms with Gasteiger partial charge in [0.15, 0.2) is 34.2 Å². The lowest BCUT2D eigenvalue weighted by molar-refractivity contribution is -0.0362. The summed E-state index contributed by atoms with van der Waals surface area (Å²) < 4.78 is 35.9. The van der Waals surface area contributed by atoms with Crippen LogP contribution >= 0.6 is 0 Å². The Kier molecular flexibility index (Phi) is 11.0. The van der Waals surface area contributed by atoms with Gasteiger partial charge in [-0.3, -0.25) is 4.98 Å². The fourth-order valence-corrected chi connectivity index (χ4v) is 5.17. The summed E-state index contributed by atoms with van der Waals surface area (Å²) in [5.74, 6) is -0.948. The third-order valence-corrected chi connectivity index (χ3v) is 7.92. The van der Waals surface area contributed by atoms with E-state index in [4.69, 9.17) is 38.8 Å². The summed E-state index contributed by atoms with van der Waals surface area (Å²) in [4.78, 5) is 37.3. The molecule has 14 heteroatoms. The van der Waals surface area contributed by atoms with Gasteiger partial charge >= 0.3 is 11.9 Å². The molecule has 266 valence electrons. The number of methoxy groups -OCH3 is 2. The molecular weight excluding hydrogens is 665 g/mol. The monoisotopic (exact) mass is 701 g/mol. The predicted molar refractivity (Wildman–Crippen MR) is 183 cm³/mol. The van der Waals surface area contributed by atoms with E-state index >= 15 is 0 Å². The molecule has 0 spiro atoms. The lowest BCUT2D eigenvalue weighted by atomic mass is 9.96. The fourth-order valence-electron chi connectivity index (χ4n) is 5.17. The maximum atomic E-state index is 13.9. The van der Waals surface area contributed by atoms with Crippen molar-refractivity contribution in [1.82, 2.24) is 4.98 Å². The lowest BCUT2D eigenvalue weighted by Crippen LogP contribution is -2.33. The molecule has 0 fully saturated rings. The average Bonchev–Trinajstić information content (AvgIpc) is 3.73. The Morgan fingerprint density at radius 2 is 1.22 bits per heavy atom. The molecule has 6 rings (SSSR count). The fraction of sp³-hybridized carbons (Fsp3) is 0.270. The van der Waals surface area contributed by atoms with E-state index in [1.54, 1.807) is 43.6 Å². The standard InChI is InChI=1S/C19H18FNO5.C18H18N2O5/c1-19(10-15(21-26-19)13-5-3-4-6-14(13)20)11-25-17-9-12(18(22)23)7-8-16(17)24-2;1-18(10-14(20-25-18)12-5-7-19-8-6-12)11-24-16-9-13(17(21)22)3-4-15(16)23-2/h3-9H,10-11H2,1-2H3,(H,22,23);3-9H,10-11H2,1-2H3,(H,21,22). The molecule has 0 radical (unpaired) electrons. The van der Waals surface area contributed by atoms with Crippen LogP contribution in [0.5, 0.6) is 23.0 Å². The molecule has 3 heterocycles. The molecule has 0 saturated heterocycles. The van der Waals surface area contributed by atoms with E-state index < -0.39 is 23.1 Å². The van der Waals surface area contributed by atoms with Crippen LogP contribution in [0.15, 0.2) is 95.5 Å². The van der Waals surface area contributed by atoms with E-state index in [2.05, 4.69) is 15.3 Å². The molecule has 2 atom stereocenters. The van der Waals surface area contributed by atoms with Gasteiger partial charge in [-0.05, 0) is 68.4 Å². The van der Waals surface area contributed by atoms with Crippen molar-refractivity contribution in [2.24, 2.45) is 10.3 Å². The maximum Gasteiger partial charge on any atom is 0.335 e. The first kappa shape index (κ1) is 36.1. The van der Waals surface area contributed by atoms with Crippen molar-refractivity contribution in [1.29, 1.82) is 0 Å². The zero-order valence-electron chi connectivity index (χ0n) is 28.3. The summed E-state index contributed by atoms with van der Waals surface area (Å²) in [5, 5.41) is 26.4. The number of hydrogen-bond acceptors (Lipinski definition) is 11. The van der Waals surface area contributed by atoms with Crippen LogP contribution < -0.4 is 18.9 Å². The van der Waals surface area contributed by atoms with Gasteiger partial charge in [0, 0.05) is 36.4 Å². The molecule has 3 aromatic carbocycles. The maximum absolute atomic E-state index is 13.9. The number of carboxylic acid groups (broad SMARTS) is 2. The highest BCUT2D eigenvalue weighted by Crippen LogP contribution is 2.34. The van der Waals surface area contributed by atoms with E-state index in [9.17, 15) is 14.0 Å². The van der Waals surface area contributed by atoms with Crippen molar-refractivity contribution < 1.29 is 52.8 Å². The van der Waals surface area contributed by atoms with Crippen molar-refractivity contribution >= 4 is 23.4 Å². The first-order chi connectivity index (χ1) is 24.4. The van der Waals surface area contributed by atoms with Crippen LogP contribution in [0.25, 0.3) is 0 Å². The van der Waals surface area contributed by atoms with Crippen LogP contribution in [-0.2, 0) is 9.68 Å². The van der Waals surface area contributed by atoms with Gasteiger partial charge in [-0.2, -0.15) is 0 Å². The number of carboxylic acids is 2. The van der Waals surface area contributed by atoms with E-state index in [0.29, 0.717) is 41.4 Å². The minimum Gasteiger partial charge on any atom is -0.493 e. The van der Waals surface area contributed by atoms with Crippen LogP contribution in [0.2, 0.25) is 0 Å². The molecule has 4 aromatic rings. The Morgan fingerprint density at radius 1 is 0.725 bits per heavy atom. The summed E-state index contributed by atoms with van der Waals surface area (Å²) in [7, 11) is 2.97. The van der Waals surface area contributed by atoms with Crippen molar-refractivity contribution in [3.63, 3.8) is 0 Å². The van der Waals surface area contributed by atoms with Crippen LogP contribution in [0.3, 0.4) is 0 Å².